The molecule has 0 aromatic heterocycles. The molecule has 0 radical (unpaired) electrons. The van der Waals surface area contributed by atoms with Crippen molar-refractivity contribution in [3.05, 3.63) is 35.9 Å². The second kappa shape index (κ2) is 12.8. The van der Waals surface area contributed by atoms with E-state index in [4.69, 9.17) is 4.74 Å². The smallest absolute Gasteiger partial charge is 0.309 e. The number of rotatable bonds is 8. The molecule has 4 N–H and O–H groups in total. The topological polar surface area (TPSA) is 107 Å². The summed E-state index contributed by atoms with van der Waals surface area (Å²) in [5.74, 6) is 6.57. The Kier molecular flexibility index (Phi) is 9.23. The SMILES string of the molecule is CCC[C@H]1CC#C[C@]23CC[C@]45[C@@H](CCC)[C@](O)(C[C@@H](O)[C@@]4(CO)[C@@]2(C)CC[C@@]2(CC1)[C@@H]1C[C@](C)(C(=O)O)CC[C@@]1(C)CC[C@@]23C)O[C@@H]5Cc1ccccc1. The molecule has 1 saturated heterocycles. The van der Waals surface area contributed by atoms with Crippen molar-refractivity contribution in [2.45, 2.75) is 175 Å². The van der Waals surface area contributed by atoms with Gasteiger partial charge < -0.3 is 25.2 Å². The van der Waals surface area contributed by atoms with Crippen LogP contribution < -0.4 is 0 Å². The first-order valence-corrected chi connectivity index (χ1v) is 22.0. The molecule has 6 fully saturated rings. The average Bonchev–Trinajstić information content (AvgIpc) is 3.31. The van der Waals surface area contributed by atoms with Crippen LogP contribution in [0.1, 0.15) is 156 Å². The predicted molar refractivity (Wildman–Crippen MR) is 211 cm³/mol. The van der Waals surface area contributed by atoms with Crippen LogP contribution in [0.15, 0.2) is 30.3 Å². The summed E-state index contributed by atoms with van der Waals surface area (Å²) in [6, 6.07) is 10.5. The van der Waals surface area contributed by atoms with Crippen molar-refractivity contribution in [1.29, 1.82) is 0 Å². The van der Waals surface area contributed by atoms with Gasteiger partial charge in [0.05, 0.1) is 24.2 Å². The fourth-order valence-corrected chi connectivity index (χ4v) is 16.8. The monoisotopic (exact) mass is 743 g/mol. The number of carboxylic acids is 1. The Bertz CT molecular complexity index is 1680. The first kappa shape index (κ1) is 38.9. The molecule has 4 bridgehead atoms. The highest BCUT2D eigenvalue weighted by atomic mass is 16.6. The van der Waals surface area contributed by atoms with Crippen LogP contribution in [0.5, 0.6) is 0 Å². The number of hydrogen-bond donors (Lipinski definition) is 4. The number of aliphatic hydroxyl groups excluding tert-OH is 2. The van der Waals surface area contributed by atoms with Gasteiger partial charge in [-0.25, -0.2) is 0 Å². The summed E-state index contributed by atoms with van der Waals surface area (Å²) in [6.45, 7) is 13.8. The Hall–Kier alpha value is -1.91. The van der Waals surface area contributed by atoms with Crippen molar-refractivity contribution >= 4 is 5.97 Å². The van der Waals surface area contributed by atoms with Gasteiger partial charge in [0.2, 0.25) is 0 Å². The molecule has 2 spiro atoms. The zero-order valence-electron chi connectivity index (χ0n) is 34.3. The second-order valence-corrected chi connectivity index (χ2v) is 21.1. The molecule has 0 unspecified atom stereocenters. The summed E-state index contributed by atoms with van der Waals surface area (Å²) in [5.41, 5.74) is -2.60. The number of ether oxygens (including phenoxy) is 1. The van der Waals surface area contributed by atoms with Crippen LogP contribution in [-0.4, -0.2) is 51.0 Å². The van der Waals surface area contributed by atoms with E-state index in [1.807, 2.05) is 13.0 Å². The van der Waals surface area contributed by atoms with E-state index in [0.29, 0.717) is 18.8 Å². The lowest BCUT2D eigenvalue weighted by molar-refractivity contribution is -0.357. The number of benzene rings is 1. The first-order valence-electron chi connectivity index (χ1n) is 22.0. The third kappa shape index (κ3) is 4.59. The minimum atomic E-state index is -1.45. The van der Waals surface area contributed by atoms with Crippen LogP contribution in [0, 0.1) is 72.9 Å². The summed E-state index contributed by atoms with van der Waals surface area (Å²) in [6.07, 6.45) is 14.3. The van der Waals surface area contributed by atoms with Gasteiger partial charge in [-0.3, -0.25) is 4.79 Å². The maximum Gasteiger partial charge on any atom is 0.309 e. The fraction of sp³-hybridized carbons (Fsp3) is 0.812. The normalized spacial score (nSPS) is 51.8. The van der Waals surface area contributed by atoms with Gasteiger partial charge in [-0.1, -0.05) is 83.7 Å². The molecule has 1 heterocycles. The Labute approximate surface area is 325 Å². The first-order chi connectivity index (χ1) is 25.6. The second-order valence-electron chi connectivity index (χ2n) is 21.1. The van der Waals surface area contributed by atoms with Crippen molar-refractivity contribution < 1.29 is 30.0 Å². The molecular formula is C48H70O6. The van der Waals surface area contributed by atoms with Gasteiger partial charge in [-0.05, 0) is 136 Å². The number of aliphatic hydroxyl groups is 3. The fourth-order valence-electron chi connectivity index (χ4n) is 16.8. The van der Waals surface area contributed by atoms with E-state index in [9.17, 15) is 25.2 Å². The molecule has 298 valence electrons. The predicted octanol–water partition coefficient (Wildman–Crippen LogP) is 9.33. The molecular weight excluding hydrogens is 673 g/mol. The highest BCUT2D eigenvalue weighted by Crippen LogP contribution is 2.88. The van der Waals surface area contributed by atoms with E-state index in [1.165, 1.54) is 0 Å². The maximum atomic E-state index is 13.1. The summed E-state index contributed by atoms with van der Waals surface area (Å²) in [4.78, 5) is 13.1. The van der Waals surface area contributed by atoms with E-state index in [2.05, 4.69) is 70.7 Å². The lowest BCUT2D eigenvalue weighted by atomic mass is 9.21. The molecule has 6 heteroatoms. The summed E-state index contributed by atoms with van der Waals surface area (Å²) in [7, 11) is 0. The molecule has 6 aliphatic carbocycles. The Balaban J connectivity index is 1.37. The Morgan fingerprint density at radius 1 is 0.870 bits per heavy atom. The lowest BCUT2D eigenvalue weighted by Crippen LogP contribution is -2.80. The molecule has 8 rings (SSSR count). The molecule has 1 aromatic rings. The maximum absolute atomic E-state index is 13.1. The van der Waals surface area contributed by atoms with E-state index >= 15 is 0 Å². The van der Waals surface area contributed by atoms with Crippen molar-refractivity contribution in [3.8, 4) is 11.8 Å². The van der Waals surface area contributed by atoms with Gasteiger partial charge in [-0.15, -0.1) is 5.92 Å². The highest BCUT2D eigenvalue weighted by Gasteiger charge is 2.87. The molecule has 7 aliphatic rings. The van der Waals surface area contributed by atoms with Gasteiger partial charge in [0.25, 0.3) is 0 Å². The summed E-state index contributed by atoms with van der Waals surface area (Å²) in [5, 5.41) is 48.7. The number of carbonyl (C=O) groups is 1. The standard InChI is InChI=1S/C48H70O6/c1-7-13-33-17-12-19-45-27-28-46-35(14-8-2)48(53,54-38(46)29-34-15-10-9-11-16-34)31-37(50)47(46,32-49)43(45,6)25-26-44(20-18-33)36-30-41(4,39(51)52)22-21-40(36,3)23-24-42(44,45)5/h9-11,15-16,33,35-38,49-50,53H,7-8,13-14,17-18,20-32H2,1-6H3,(H,51,52)/t33-,35+,36+,37+,38+,40-,41+,42-,43-,44-,45+,46+,47-,48-/m0/s1. The van der Waals surface area contributed by atoms with Crippen LogP contribution in [-0.2, 0) is 16.0 Å². The van der Waals surface area contributed by atoms with Crippen molar-refractivity contribution in [1.82, 2.24) is 0 Å². The zero-order valence-corrected chi connectivity index (χ0v) is 34.3. The van der Waals surface area contributed by atoms with Gasteiger partial charge in [0.15, 0.2) is 5.79 Å². The molecule has 14 atom stereocenters. The number of fused-ring (bicyclic) bond motifs is 3. The zero-order chi connectivity index (χ0) is 38.6. The molecule has 5 saturated carbocycles. The van der Waals surface area contributed by atoms with Crippen LogP contribution in [0.3, 0.4) is 0 Å². The average molecular weight is 743 g/mol. The number of aliphatic carboxylic acids is 1. The number of hydrogen-bond acceptors (Lipinski definition) is 5. The third-order valence-electron chi connectivity index (χ3n) is 19.5. The minimum Gasteiger partial charge on any atom is -0.481 e. The van der Waals surface area contributed by atoms with Gasteiger partial charge in [0, 0.05) is 35.0 Å². The van der Waals surface area contributed by atoms with Crippen LogP contribution >= 0.6 is 0 Å². The molecule has 1 aromatic carbocycles. The van der Waals surface area contributed by atoms with E-state index in [-0.39, 0.29) is 47.2 Å². The number of carboxylic acid groups (broad SMARTS) is 1. The Morgan fingerprint density at radius 3 is 2.26 bits per heavy atom. The molecule has 0 amide bonds. The molecule has 6 nitrogen and oxygen atoms in total. The third-order valence-corrected chi connectivity index (χ3v) is 19.5. The summed E-state index contributed by atoms with van der Waals surface area (Å²) < 4.78 is 6.98. The quantitative estimate of drug-likeness (QED) is 0.198. The lowest BCUT2D eigenvalue weighted by Gasteiger charge is -2.81. The van der Waals surface area contributed by atoms with Gasteiger partial charge in [0.1, 0.15) is 0 Å². The van der Waals surface area contributed by atoms with Gasteiger partial charge >= 0.3 is 5.97 Å². The largest absolute Gasteiger partial charge is 0.481 e. The van der Waals surface area contributed by atoms with Gasteiger partial charge in [-0.2, -0.15) is 0 Å². The van der Waals surface area contributed by atoms with Crippen molar-refractivity contribution in [3.63, 3.8) is 0 Å². The van der Waals surface area contributed by atoms with E-state index in [1.54, 1.807) is 0 Å². The van der Waals surface area contributed by atoms with Crippen molar-refractivity contribution in [2.24, 2.45) is 61.1 Å². The molecule has 1 aliphatic heterocycles. The van der Waals surface area contributed by atoms with Crippen LogP contribution in [0.2, 0.25) is 0 Å². The Morgan fingerprint density at radius 2 is 1.57 bits per heavy atom. The minimum absolute atomic E-state index is 0.0723. The highest BCUT2D eigenvalue weighted by molar-refractivity contribution is 5.74. The summed E-state index contributed by atoms with van der Waals surface area (Å²) >= 11 is 0. The van der Waals surface area contributed by atoms with Crippen LogP contribution in [0.4, 0.5) is 0 Å². The van der Waals surface area contributed by atoms with E-state index < -0.39 is 44.9 Å². The van der Waals surface area contributed by atoms with E-state index in [0.717, 1.165) is 102 Å². The van der Waals surface area contributed by atoms with Crippen LogP contribution in [0.25, 0.3) is 0 Å². The molecule has 54 heavy (non-hydrogen) atoms. The van der Waals surface area contributed by atoms with Crippen molar-refractivity contribution in [2.75, 3.05) is 6.61 Å².